The van der Waals surface area contributed by atoms with Crippen LogP contribution in [0.25, 0.3) is 0 Å². The molecule has 0 aliphatic carbocycles. The number of benzene rings is 1. The first-order valence-electron chi connectivity index (χ1n) is 6.25. The van der Waals surface area contributed by atoms with Crippen LogP contribution in [0, 0.1) is 12.8 Å². The van der Waals surface area contributed by atoms with Gasteiger partial charge >= 0.3 is 5.97 Å². The van der Waals surface area contributed by atoms with Crippen molar-refractivity contribution < 1.29 is 22.7 Å². The van der Waals surface area contributed by atoms with Crippen molar-refractivity contribution in [2.24, 2.45) is 11.1 Å². The van der Waals surface area contributed by atoms with Crippen molar-refractivity contribution in [3.8, 4) is 0 Å². The third-order valence-electron chi connectivity index (χ3n) is 3.09. The Morgan fingerprint density at radius 2 is 2.20 bits per heavy atom. The Labute approximate surface area is 117 Å². The van der Waals surface area contributed by atoms with Crippen molar-refractivity contribution in [3.05, 3.63) is 29.3 Å². The topological polar surface area (TPSA) is 95.7 Å². The highest BCUT2D eigenvalue weighted by Crippen LogP contribution is 2.16. The van der Waals surface area contributed by atoms with E-state index in [9.17, 15) is 13.2 Å². The highest BCUT2D eigenvalue weighted by atomic mass is 32.2. The monoisotopic (exact) mass is 299 g/mol. The molecule has 1 aliphatic heterocycles. The van der Waals surface area contributed by atoms with Gasteiger partial charge in [0.05, 0.1) is 23.7 Å². The Bertz CT molecular complexity index is 605. The Hall–Kier alpha value is -1.44. The zero-order valence-electron chi connectivity index (χ0n) is 11.2. The van der Waals surface area contributed by atoms with E-state index in [1.54, 1.807) is 13.0 Å². The van der Waals surface area contributed by atoms with Gasteiger partial charge in [-0.25, -0.2) is 18.4 Å². The molecule has 1 aromatic rings. The minimum atomic E-state index is -3.84. The predicted octanol–water partition coefficient (Wildman–Crippen LogP) is 0.836. The molecule has 110 valence electrons. The Morgan fingerprint density at radius 3 is 2.80 bits per heavy atom. The van der Waals surface area contributed by atoms with Gasteiger partial charge in [-0.1, -0.05) is 0 Å². The van der Waals surface area contributed by atoms with E-state index in [4.69, 9.17) is 14.6 Å². The Morgan fingerprint density at radius 1 is 1.45 bits per heavy atom. The Kier molecular flexibility index (Phi) is 4.42. The predicted molar refractivity (Wildman–Crippen MR) is 71.8 cm³/mol. The number of hydrogen-bond donors (Lipinski definition) is 1. The average molecular weight is 299 g/mol. The van der Waals surface area contributed by atoms with Crippen molar-refractivity contribution in [2.75, 3.05) is 19.8 Å². The van der Waals surface area contributed by atoms with E-state index < -0.39 is 16.0 Å². The molecule has 7 heteroatoms. The van der Waals surface area contributed by atoms with Crippen LogP contribution in [0.5, 0.6) is 0 Å². The molecule has 2 N–H and O–H groups in total. The van der Waals surface area contributed by atoms with Crippen LogP contribution in [0.4, 0.5) is 0 Å². The third-order valence-corrected chi connectivity index (χ3v) is 3.98. The number of primary sulfonamides is 1. The summed E-state index contributed by atoms with van der Waals surface area (Å²) in [5.74, 6) is -0.341. The minimum Gasteiger partial charge on any atom is -0.462 e. The van der Waals surface area contributed by atoms with E-state index >= 15 is 0 Å². The van der Waals surface area contributed by atoms with Gasteiger partial charge in [0.25, 0.3) is 0 Å². The smallest absolute Gasteiger partial charge is 0.338 e. The van der Waals surface area contributed by atoms with E-state index in [1.165, 1.54) is 12.1 Å². The number of rotatable bonds is 4. The third kappa shape index (κ3) is 3.78. The summed E-state index contributed by atoms with van der Waals surface area (Å²) in [4.78, 5) is 11.8. The second kappa shape index (κ2) is 5.90. The maximum absolute atomic E-state index is 11.9. The molecule has 0 bridgehead atoms. The number of sulfonamides is 1. The lowest BCUT2D eigenvalue weighted by Crippen LogP contribution is -2.16. The van der Waals surface area contributed by atoms with Gasteiger partial charge in [0.1, 0.15) is 0 Å². The second-order valence-electron chi connectivity index (χ2n) is 4.91. The molecule has 1 fully saturated rings. The van der Waals surface area contributed by atoms with Gasteiger partial charge in [-0.2, -0.15) is 0 Å². The summed E-state index contributed by atoms with van der Waals surface area (Å²) in [6.45, 7) is 3.24. The van der Waals surface area contributed by atoms with Crippen LogP contribution in [0.3, 0.4) is 0 Å². The number of carbonyl (C=O) groups excluding carboxylic acids is 1. The number of nitrogens with two attached hydrogens (primary N) is 1. The van der Waals surface area contributed by atoms with Crippen LogP contribution in [0.2, 0.25) is 0 Å². The molecule has 1 atom stereocenters. The molecule has 0 radical (unpaired) electrons. The first kappa shape index (κ1) is 15.0. The summed E-state index contributed by atoms with van der Waals surface area (Å²) in [6, 6.07) is 4.22. The van der Waals surface area contributed by atoms with Gasteiger partial charge in [0, 0.05) is 12.5 Å². The fourth-order valence-corrected chi connectivity index (χ4v) is 2.66. The van der Waals surface area contributed by atoms with Crippen LogP contribution < -0.4 is 5.14 Å². The maximum Gasteiger partial charge on any atom is 0.338 e. The van der Waals surface area contributed by atoms with Crippen LogP contribution >= 0.6 is 0 Å². The zero-order valence-corrected chi connectivity index (χ0v) is 12.0. The maximum atomic E-state index is 11.9. The Balaban J connectivity index is 2.11. The molecule has 0 spiro atoms. The molecule has 1 heterocycles. The zero-order chi connectivity index (χ0) is 14.8. The molecule has 1 aliphatic rings. The molecule has 20 heavy (non-hydrogen) atoms. The molecular weight excluding hydrogens is 282 g/mol. The quantitative estimate of drug-likeness (QED) is 0.831. The standard InChI is InChI=1S/C13H17NO5S/c1-9-4-11(6-12(5-9)20(14,16)17)13(15)19-8-10-2-3-18-7-10/h4-6,10H,2-3,7-8H2,1H3,(H2,14,16,17). The molecule has 1 aromatic carbocycles. The summed E-state index contributed by atoms with van der Waals surface area (Å²) in [5.41, 5.74) is 0.820. The minimum absolute atomic E-state index is 0.0892. The fourth-order valence-electron chi connectivity index (χ4n) is 2.02. The summed E-state index contributed by atoms with van der Waals surface area (Å²) in [7, 11) is -3.84. The molecule has 0 aromatic heterocycles. The van der Waals surface area contributed by atoms with Gasteiger partial charge in [0.15, 0.2) is 0 Å². The molecule has 1 unspecified atom stereocenters. The lowest BCUT2D eigenvalue weighted by molar-refractivity contribution is 0.0428. The van der Waals surface area contributed by atoms with Crippen molar-refractivity contribution in [1.29, 1.82) is 0 Å². The lowest BCUT2D eigenvalue weighted by Gasteiger charge is -2.10. The molecule has 0 amide bonds. The first-order chi connectivity index (χ1) is 9.36. The van der Waals surface area contributed by atoms with Crippen LogP contribution in [0.1, 0.15) is 22.3 Å². The SMILES string of the molecule is Cc1cc(C(=O)OCC2CCOC2)cc(S(N)(=O)=O)c1. The van der Waals surface area contributed by atoms with Crippen molar-refractivity contribution >= 4 is 16.0 Å². The van der Waals surface area contributed by atoms with Crippen molar-refractivity contribution in [3.63, 3.8) is 0 Å². The van der Waals surface area contributed by atoms with E-state index in [-0.39, 0.29) is 23.0 Å². The van der Waals surface area contributed by atoms with E-state index in [0.29, 0.717) is 18.8 Å². The lowest BCUT2D eigenvalue weighted by atomic mass is 10.1. The molecular formula is C13H17NO5S. The van der Waals surface area contributed by atoms with Crippen LogP contribution in [-0.2, 0) is 19.5 Å². The van der Waals surface area contributed by atoms with Crippen LogP contribution in [0.15, 0.2) is 23.1 Å². The van der Waals surface area contributed by atoms with Crippen LogP contribution in [-0.4, -0.2) is 34.2 Å². The summed E-state index contributed by atoms with van der Waals surface area (Å²) < 4.78 is 33.0. The second-order valence-corrected chi connectivity index (χ2v) is 6.47. The molecule has 2 rings (SSSR count). The average Bonchev–Trinajstić information content (AvgIpc) is 2.87. The highest BCUT2D eigenvalue weighted by Gasteiger charge is 2.19. The molecule has 0 saturated carbocycles. The summed E-state index contributed by atoms with van der Waals surface area (Å²) in [6.07, 6.45) is 0.865. The largest absolute Gasteiger partial charge is 0.462 e. The number of esters is 1. The van der Waals surface area contributed by atoms with Crippen molar-refractivity contribution in [1.82, 2.24) is 0 Å². The summed E-state index contributed by atoms with van der Waals surface area (Å²) >= 11 is 0. The summed E-state index contributed by atoms with van der Waals surface area (Å²) in [5, 5.41) is 5.07. The number of hydrogen-bond acceptors (Lipinski definition) is 5. The van der Waals surface area contributed by atoms with Gasteiger partial charge in [-0.3, -0.25) is 0 Å². The van der Waals surface area contributed by atoms with Gasteiger partial charge < -0.3 is 9.47 Å². The van der Waals surface area contributed by atoms with Gasteiger partial charge in [-0.15, -0.1) is 0 Å². The molecule has 6 nitrogen and oxygen atoms in total. The fraction of sp³-hybridized carbons (Fsp3) is 0.462. The van der Waals surface area contributed by atoms with E-state index in [1.807, 2.05) is 0 Å². The number of ether oxygens (including phenoxy) is 2. The van der Waals surface area contributed by atoms with Gasteiger partial charge in [0.2, 0.25) is 10.0 Å². The van der Waals surface area contributed by atoms with Gasteiger partial charge in [-0.05, 0) is 37.1 Å². The normalized spacial score (nSPS) is 19.0. The first-order valence-corrected chi connectivity index (χ1v) is 7.80. The van der Waals surface area contributed by atoms with Crippen molar-refractivity contribution in [2.45, 2.75) is 18.2 Å². The highest BCUT2D eigenvalue weighted by molar-refractivity contribution is 7.89. The number of aryl methyl sites for hydroxylation is 1. The van der Waals surface area contributed by atoms with E-state index in [2.05, 4.69) is 0 Å². The number of carbonyl (C=O) groups is 1. The molecule has 1 saturated heterocycles. The van der Waals surface area contributed by atoms with E-state index in [0.717, 1.165) is 6.42 Å².